The highest BCUT2D eigenvalue weighted by atomic mass is 32.2. The highest BCUT2D eigenvalue weighted by Crippen LogP contribution is 2.24. The zero-order valence-corrected chi connectivity index (χ0v) is 9.05. The monoisotopic (exact) mass is 237 g/mol. The van der Waals surface area contributed by atoms with Crippen LogP contribution < -0.4 is 0 Å². The third-order valence-corrected chi connectivity index (χ3v) is 4.74. The van der Waals surface area contributed by atoms with Gasteiger partial charge in [-0.25, -0.2) is 8.42 Å². The maximum atomic E-state index is 11.5. The second-order valence-electron chi connectivity index (χ2n) is 2.81. The van der Waals surface area contributed by atoms with Gasteiger partial charge in [-0.15, -0.1) is 18.3 Å². The van der Waals surface area contributed by atoms with Crippen molar-refractivity contribution in [2.24, 2.45) is 0 Å². The van der Waals surface area contributed by atoms with Crippen molar-refractivity contribution in [3.8, 4) is 0 Å². The van der Waals surface area contributed by atoms with Crippen LogP contribution in [0.4, 0.5) is 0 Å². The summed E-state index contributed by atoms with van der Waals surface area (Å²) in [6.07, 6.45) is 1.26. The first-order chi connectivity index (χ1) is 6.49. The summed E-state index contributed by atoms with van der Waals surface area (Å²) >= 11 is 1.30. The highest BCUT2D eigenvalue weighted by molar-refractivity contribution is 8.00. The molecule has 5 nitrogen and oxygen atoms in total. The molecular weight excluding hydrogens is 226 g/mol. The van der Waals surface area contributed by atoms with Crippen molar-refractivity contribution in [1.82, 2.24) is 4.31 Å². The third-order valence-electron chi connectivity index (χ3n) is 1.81. The minimum atomic E-state index is -3.49. The molecule has 0 amide bonds. The van der Waals surface area contributed by atoms with Gasteiger partial charge in [0.15, 0.2) is 0 Å². The Balaban J connectivity index is 2.86. The van der Waals surface area contributed by atoms with E-state index in [0.717, 1.165) is 4.31 Å². The molecule has 1 aliphatic rings. The van der Waals surface area contributed by atoms with E-state index >= 15 is 0 Å². The second kappa shape index (κ2) is 4.33. The summed E-state index contributed by atoms with van der Waals surface area (Å²) < 4.78 is 24.1. The van der Waals surface area contributed by atoms with Crippen LogP contribution in [0.3, 0.4) is 0 Å². The topological polar surface area (TPSA) is 74.7 Å². The summed E-state index contributed by atoms with van der Waals surface area (Å²) in [7, 11) is -3.49. The first kappa shape index (κ1) is 11.5. The number of thioether (sulfide) groups is 1. The van der Waals surface area contributed by atoms with Crippen LogP contribution in [0.5, 0.6) is 0 Å². The van der Waals surface area contributed by atoms with Crippen LogP contribution in [-0.2, 0) is 14.8 Å². The number of rotatable bonds is 4. The molecule has 0 bridgehead atoms. The summed E-state index contributed by atoms with van der Waals surface area (Å²) in [4.78, 5) is 10.7. The molecule has 0 aromatic rings. The van der Waals surface area contributed by atoms with Gasteiger partial charge in [0.1, 0.15) is 6.04 Å². The van der Waals surface area contributed by atoms with Crippen LogP contribution in [0.2, 0.25) is 0 Å². The average molecular weight is 237 g/mol. The lowest BCUT2D eigenvalue weighted by Crippen LogP contribution is -2.42. The molecule has 0 saturated carbocycles. The van der Waals surface area contributed by atoms with Gasteiger partial charge in [0.25, 0.3) is 0 Å². The summed E-state index contributed by atoms with van der Waals surface area (Å²) in [5.74, 6) is -0.779. The normalized spacial score (nSPS) is 23.6. The van der Waals surface area contributed by atoms with Gasteiger partial charge in [-0.2, -0.15) is 4.31 Å². The Morgan fingerprint density at radius 2 is 2.36 bits per heavy atom. The van der Waals surface area contributed by atoms with Gasteiger partial charge >= 0.3 is 5.97 Å². The van der Waals surface area contributed by atoms with E-state index in [4.69, 9.17) is 5.11 Å². The predicted octanol–water partition coefficient (Wildman–Crippen LogP) is -0.0383. The molecule has 0 unspecified atom stereocenters. The number of sulfonamides is 1. The lowest BCUT2D eigenvalue weighted by Gasteiger charge is -2.18. The van der Waals surface area contributed by atoms with Crippen molar-refractivity contribution in [1.29, 1.82) is 0 Å². The molecule has 80 valence electrons. The molecule has 0 radical (unpaired) electrons. The molecule has 0 aromatic carbocycles. The summed E-state index contributed by atoms with van der Waals surface area (Å²) in [5.41, 5.74) is 0. The Morgan fingerprint density at radius 1 is 1.71 bits per heavy atom. The Hall–Kier alpha value is -0.530. The number of aliphatic carboxylic acids is 1. The van der Waals surface area contributed by atoms with Crippen LogP contribution in [0.15, 0.2) is 12.7 Å². The van der Waals surface area contributed by atoms with Gasteiger partial charge in [-0.1, -0.05) is 6.08 Å². The van der Waals surface area contributed by atoms with Crippen LogP contribution in [-0.4, -0.2) is 47.2 Å². The molecular formula is C7H11NO4S2. The van der Waals surface area contributed by atoms with Crippen molar-refractivity contribution in [3.05, 3.63) is 12.7 Å². The molecule has 1 heterocycles. The summed E-state index contributed by atoms with van der Waals surface area (Å²) in [6, 6.07) is -0.926. The molecule has 1 fully saturated rings. The molecule has 1 saturated heterocycles. The highest BCUT2D eigenvalue weighted by Gasteiger charge is 2.38. The predicted molar refractivity (Wildman–Crippen MR) is 54.6 cm³/mol. The second-order valence-corrected chi connectivity index (χ2v) is 5.77. The fourth-order valence-corrected chi connectivity index (χ4v) is 4.15. The molecule has 1 aliphatic heterocycles. The van der Waals surface area contributed by atoms with Crippen molar-refractivity contribution < 1.29 is 18.3 Å². The van der Waals surface area contributed by atoms with E-state index in [0.29, 0.717) is 5.75 Å². The van der Waals surface area contributed by atoms with Crippen molar-refractivity contribution in [2.45, 2.75) is 6.04 Å². The Kier molecular flexibility index (Phi) is 3.57. The molecule has 7 heteroatoms. The molecule has 1 rings (SSSR count). The quantitative estimate of drug-likeness (QED) is 0.694. The van der Waals surface area contributed by atoms with Crippen LogP contribution >= 0.6 is 11.8 Å². The Morgan fingerprint density at radius 3 is 2.86 bits per heavy atom. The molecule has 0 aliphatic carbocycles. The number of carbonyl (C=O) groups is 1. The number of carboxylic acid groups (broad SMARTS) is 1. The van der Waals surface area contributed by atoms with Crippen LogP contribution in [0.25, 0.3) is 0 Å². The first-order valence-electron chi connectivity index (χ1n) is 3.90. The molecule has 0 aromatic heterocycles. The Labute approximate surface area is 86.8 Å². The van der Waals surface area contributed by atoms with Gasteiger partial charge in [0.05, 0.1) is 11.6 Å². The van der Waals surface area contributed by atoms with Crippen molar-refractivity contribution >= 4 is 27.8 Å². The van der Waals surface area contributed by atoms with Gasteiger partial charge < -0.3 is 5.11 Å². The molecule has 1 atom stereocenters. The smallest absolute Gasteiger partial charge is 0.322 e. The largest absolute Gasteiger partial charge is 0.480 e. The average Bonchev–Trinajstić information content (AvgIpc) is 2.51. The zero-order chi connectivity index (χ0) is 10.8. The lowest BCUT2D eigenvalue weighted by atomic mass is 10.4. The van der Waals surface area contributed by atoms with Gasteiger partial charge in [-0.3, -0.25) is 4.79 Å². The summed E-state index contributed by atoms with van der Waals surface area (Å²) in [5, 5.41) is 8.77. The van der Waals surface area contributed by atoms with E-state index in [9.17, 15) is 13.2 Å². The maximum absolute atomic E-state index is 11.5. The van der Waals surface area contributed by atoms with E-state index in [-0.39, 0.29) is 11.6 Å². The molecule has 1 N–H and O–H groups in total. The number of hydrogen-bond acceptors (Lipinski definition) is 4. The number of hydrogen-bond donors (Lipinski definition) is 1. The van der Waals surface area contributed by atoms with Gasteiger partial charge in [-0.05, 0) is 0 Å². The Bertz CT molecular complexity index is 338. The van der Waals surface area contributed by atoms with E-state index in [1.165, 1.54) is 17.8 Å². The van der Waals surface area contributed by atoms with Gasteiger partial charge in [0, 0.05) is 5.75 Å². The fraction of sp³-hybridized carbons (Fsp3) is 0.571. The van der Waals surface area contributed by atoms with E-state index in [1.807, 2.05) is 0 Å². The minimum Gasteiger partial charge on any atom is -0.480 e. The third kappa shape index (κ3) is 2.28. The lowest BCUT2D eigenvalue weighted by molar-refractivity contribution is -0.140. The first-order valence-corrected chi connectivity index (χ1v) is 6.66. The van der Waals surface area contributed by atoms with E-state index in [2.05, 4.69) is 6.58 Å². The molecule has 14 heavy (non-hydrogen) atoms. The van der Waals surface area contributed by atoms with Crippen molar-refractivity contribution in [2.75, 3.05) is 17.4 Å². The standard InChI is InChI=1S/C7H11NO4S2/c1-2-3-14(11,12)8-5-13-4-6(8)7(9)10/h2,6H,1,3-5H2,(H,9,10)/t6-/m0/s1. The van der Waals surface area contributed by atoms with Crippen molar-refractivity contribution in [3.63, 3.8) is 0 Å². The fourth-order valence-electron chi connectivity index (χ4n) is 1.14. The van der Waals surface area contributed by atoms with E-state index in [1.54, 1.807) is 0 Å². The number of nitrogens with zero attached hydrogens (tertiary/aromatic N) is 1. The maximum Gasteiger partial charge on any atom is 0.322 e. The molecule has 0 spiro atoms. The van der Waals surface area contributed by atoms with E-state index < -0.39 is 22.0 Å². The summed E-state index contributed by atoms with van der Waals surface area (Å²) in [6.45, 7) is 3.33. The van der Waals surface area contributed by atoms with Gasteiger partial charge in [0.2, 0.25) is 10.0 Å². The van der Waals surface area contributed by atoms with Crippen LogP contribution in [0, 0.1) is 0 Å². The van der Waals surface area contributed by atoms with Crippen LogP contribution in [0.1, 0.15) is 0 Å². The minimum absolute atomic E-state index is 0.211. The number of carboxylic acids is 1. The zero-order valence-electron chi connectivity index (χ0n) is 7.42. The SMILES string of the molecule is C=CCS(=O)(=O)N1CSC[C@H]1C(=O)O.